The molecule has 0 aliphatic rings. The molecule has 2 rings (SSSR count). The molecule has 0 aliphatic carbocycles. The summed E-state index contributed by atoms with van der Waals surface area (Å²) in [6.07, 6.45) is 2.27. The number of pyridine rings is 1. The topological polar surface area (TPSA) is 104 Å². The van der Waals surface area contributed by atoms with Crippen LogP contribution in [-0.2, 0) is 10.1 Å². The molecule has 21 heavy (non-hydrogen) atoms. The first-order chi connectivity index (χ1) is 9.53. The number of hydrogen-bond donors (Lipinski definition) is 1. The van der Waals surface area contributed by atoms with Crippen molar-refractivity contribution in [3.05, 3.63) is 28.5 Å². The van der Waals surface area contributed by atoms with Crippen LogP contribution in [0.2, 0.25) is 0 Å². The monoisotopic (exact) mass is 387 g/mol. The molecular formula is C9H5BrF3N3O4S. The molecule has 2 heterocycles. The van der Waals surface area contributed by atoms with Gasteiger partial charge in [0.1, 0.15) is 5.52 Å². The van der Waals surface area contributed by atoms with Gasteiger partial charge in [0.2, 0.25) is 0 Å². The first-order valence-electron chi connectivity index (χ1n) is 5.00. The minimum atomic E-state index is -5.89. The molecule has 0 aromatic carbocycles. The minimum absolute atomic E-state index is 0.182. The van der Waals surface area contributed by atoms with Gasteiger partial charge in [-0.1, -0.05) is 0 Å². The quantitative estimate of drug-likeness (QED) is 0.633. The van der Waals surface area contributed by atoms with Crippen molar-refractivity contribution in [1.29, 1.82) is 0 Å². The van der Waals surface area contributed by atoms with Crippen LogP contribution >= 0.6 is 15.9 Å². The molecule has 1 amide bonds. The lowest BCUT2D eigenvalue weighted by Crippen LogP contribution is -2.28. The molecule has 12 heteroatoms. The van der Waals surface area contributed by atoms with E-state index in [9.17, 15) is 26.4 Å². The molecular weight excluding hydrogens is 383 g/mol. The molecule has 0 bridgehead atoms. The lowest BCUT2D eigenvalue weighted by atomic mass is 10.2. The van der Waals surface area contributed by atoms with Crippen LogP contribution in [0.25, 0.3) is 5.52 Å². The third-order valence-corrected chi connectivity index (χ3v) is 3.69. The van der Waals surface area contributed by atoms with Crippen molar-refractivity contribution in [2.24, 2.45) is 5.73 Å². The maximum Gasteiger partial charge on any atom is 0.534 e. The van der Waals surface area contributed by atoms with Crippen LogP contribution in [0, 0.1) is 0 Å². The van der Waals surface area contributed by atoms with Gasteiger partial charge in [0, 0.05) is 10.7 Å². The molecule has 114 valence electrons. The van der Waals surface area contributed by atoms with Crippen LogP contribution < -0.4 is 9.92 Å². The first kappa shape index (κ1) is 15.6. The second-order valence-corrected chi connectivity index (χ2v) is 6.17. The molecule has 0 unspecified atom stereocenters. The summed E-state index contributed by atoms with van der Waals surface area (Å²) in [6.45, 7) is 0. The first-order valence-corrected chi connectivity index (χ1v) is 7.20. The normalized spacial score (nSPS) is 12.6. The van der Waals surface area contributed by atoms with Gasteiger partial charge >= 0.3 is 15.6 Å². The van der Waals surface area contributed by atoms with Crippen molar-refractivity contribution in [1.82, 2.24) is 9.61 Å². The average Bonchev–Trinajstić information content (AvgIpc) is 2.70. The number of carbonyl (C=O) groups is 1. The molecule has 0 spiro atoms. The Balaban J connectivity index is 2.69. The Morgan fingerprint density at radius 2 is 2.05 bits per heavy atom. The Kier molecular flexibility index (Phi) is 3.61. The predicted octanol–water partition coefficient (Wildman–Crippen LogP) is 1.42. The maximum atomic E-state index is 12.4. The molecule has 2 N–H and O–H groups in total. The van der Waals surface area contributed by atoms with Gasteiger partial charge in [0.05, 0.1) is 11.8 Å². The van der Waals surface area contributed by atoms with Gasteiger partial charge in [-0.15, -0.1) is 0 Å². The summed E-state index contributed by atoms with van der Waals surface area (Å²) in [5, 5.41) is 3.68. The molecule has 0 aliphatic heterocycles. The molecule has 2 aromatic rings. The van der Waals surface area contributed by atoms with Crippen molar-refractivity contribution in [3.8, 4) is 5.75 Å². The highest BCUT2D eigenvalue weighted by Crippen LogP contribution is 2.32. The molecule has 0 atom stereocenters. The average molecular weight is 388 g/mol. The summed E-state index contributed by atoms with van der Waals surface area (Å²) in [5.41, 5.74) is -1.14. The number of halogens is 4. The van der Waals surface area contributed by atoms with Gasteiger partial charge < -0.3 is 9.92 Å². The van der Waals surface area contributed by atoms with Crippen LogP contribution in [0.1, 0.15) is 10.4 Å². The number of rotatable bonds is 3. The van der Waals surface area contributed by atoms with Crippen molar-refractivity contribution in [2.75, 3.05) is 0 Å². The number of hydrogen-bond acceptors (Lipinski definition) is 5. The van der Waals surface area contributed by atoms with E-state index in [1.807, 2.05) is 0 Å². The lowest BCUT2D eigenvalue weighted by Gasteiger charge is -2.11. The van der Waals surface area contributed by atoms with Crippen LogP contribution in [0.3, 0.4) is 0 Å². The van der Waals surface area contributed by atoms with Crippen molar-refractivity contribution in [3.63, 3.8) is 0 Å². The Hall–Kier alpha value is -1.82. The Labute approximate surface area is 123 Å². The zero-order chi connectivity index (χ0) is 16.0. The zero-order valence-electron chi connectivity index (χ0n) is 9.76. The van der Waals surface area contributed by atoms with E-state index in [-0.39, 0.29) is 15.6 Å². The van der Waals surface area contributed by atoms with Crippen molar-refractivity contribution < 1.29 is 30.6 Å². The highest BCUT2D eigenvalue weighted by Gasteiger charge is 2.49. The number of nitrogens with zero attached hydrogens (tertiary/aromatic N) is 2. The summed E-state index contributed by atoms with van der Waals surface area (Å²) in [5.74, 6) is -1.73. The van der Waals surface area contributed by atoms with Gasteiger partial charge in [0.15, 0.2) is 5.75 Å². The summed E-state index contributed by atoms with van der Waals surface area (Å²) in [7, 11) is -5.89. The maximum absolute atomic E-state index is 12.4. The van der Waals surface area contributed by atoms with E-state index in [4.69, 9.17) is 5.73 Å². The molecule has 0 radical (unpaired) electrons. The largest absolute Gasteiger partial charge is 0.534 e. The van der Waals surface area contributed by atoms with Crippen LogP contribution in [0.5, 0.6) is 5.75 Å². The number of fused-ring (bicyclic) bond motifs is 1. The SMILES string of the molecule is NC(=O)c1cnn2cc(Br)cc(OS(=O)(=O)C(F)(F)F)c12. The van der Waals surface area contributed by atoms with E-state index < -0.39 is 27.3 Å². The fourth-order valence-electron chi connectivity index (χ4n) is 1.46. The zero-order valence-corrected chi connectivity index (χ0v) is 12.2. The fraction of sp³-hybridized carbons (Fsp3) is 0.111. The highest BCUT2D eigenvalue weighted by molar-refractivity contribution is 9.10. The number of nitrogens with two attached hydrogens (primary N) is 1. The Bertz CT molecular complexity index is 831. The van der Waals surface area contributed by atoms with Gasteiger partial charge in [-0.3, -0.25) is 4.79 Å². The van der Waals surface area contributed by atoms with E-state index in [1.54, 1.807) is 0 Å². The van der Waals surface area contributed by atoms with E-state index in [0.717, 1.165) is 16.8 Å². The molecule has 0 saturated carbocycles. The minimum Gasteiger partial charge on any atom is -0.374 e. The summed E-state index contributed by atoms with van der Waals surface area (Å²) in [4.78, 5) is 11.2. The van der Waals surface area contributed by atoms with E-state index in [0.29, 0.717) is 0 Å². The second-order valence-electron chi connectivity index (χ2n) is 3.72. The fourth-order valence-corrected chi connectivity index (χ4v) is 2.32. The van der Waals surface area contributed by atoms with Gasteiger partial charge in [0.25, 0.3) is 5.91 Å². The third kappa shape index (κ3) is 2.81. The summed E-state index contributed by atoms with van der Waals surface area (Å²) >= 11 is 2.95. The summed E-state index contributed by atoms with van der Waals surface area (Å²) in [6, 6.07) is 0.951. The smallest absolute Gasteiger partial charge is 0.374 e. The van der Waals surface area contributed by atoms with Crippen LogP contribution in [0.4, 0.5) is 13.2 Å². The highest BCUT2D eigenvalue weighted by atomic mass is 79.9. The van der Waals surface area contributed by atoms with Gasteiger partial charge in [-0.25, -0.2) is 4.52 Å². The van der Waals surface area contributed by atoms with Crippen LogP contribution in [0.15, 0.2) is 22.9 Å². The van der Waals surface area contributed by atoms with Gasteiger partial charge in [-0.2, -0.15) is 26.7 Å². The third-order valence-electron chi connectivity index (χ3n) is 2.29. The number of carbonyl (C=O) groups excluding carboxylic acids is 1. The Morgan fingerprint density at radius 1 is 1.43 bits per heavy atom. The van der Waals surface area contributed by atoms with Crippen LogP contribution in [-0.4, -0.2) is 29.4 Å². The molecule has 7 nitrogen and oxygen atoms in total. The van der Waals surface area contributed by atoms with E-state index in [2.05, 4.69) is 25.2 Å². The second kappa shape index (κ2) is 4.87. The van der Waals surface area contributed by atoms with E-state index in [1.165, 1.54) is 6.20 Å². The van der Waals surface area contributed by atoms with E-state index >= 15 is 0 Å². The number of alkyl halides is 3. The van der Waals surface area contributed by atoms with Crippen molar-refractivity contribution in [2.45, 2.75) is 5.51 Å². The lowest BCUT2D eigenvalue weighted by molar-refractivity contribution is -0.0499. The summed E-state index contributed by atoms with van der Waals surface area (Å²) < 4.78 is 64.4. The molecule has 0 saturated heterocycles. The van der Waals surface area contributed by atoms with Crippen molar-refractivity contribution >= 4 is 37.5 Å². The standard InChI is InChI=1S/C9H5BrF3N3O4S/c10-4-1-6(20-21(18,19)9(11,12)13)7-5(8(14)17)2-15-16(7)3-4/h1-3H,(H2,14,17). The Morgan fingerprint density at radius 3 is 2.57 bits per heavy atom. The molecule has 2 aromatic heterocycles. The molecule has 0 fully saturated rings. The number of aromatic nitrogens is 2. The van der Waals surface area contributed by atoms with Gasteiger partial charge in [-0.05, 0) is 22.0 Å². The number of amides is 1. The number of primary amides is 1. The predicted molar refractivity (Wildman–Crippen MR) is 67.0 cm³/mol.